The molecule has 8 heteroatoms. The fourth-order valence-electron chi connectivity index (χ4n) is 2.84. The van der Waals surface area contributed by atoms with Crippen LogP contribution in [0.15, 0.2) is 54.6 Å². The van der Waals surface area contributed by atoms with Gasteiger partial charge in [0.05, 0.1) is 25.2 Å². The van der Waals surface area contributed by atoms with Gasteiger partial charge in [0.25, 0.3) is 5.69 Å². The van der Waals surface area contributed by atoms with Gasteiger partial charge < -0.3 is 14.2 Å². The monoisotopic (exact) mass is 395 g/mol. The van der Waals surface area contributed by atoms with Crippen molar-refractivity contribution in [3.63, 3.8) is 0 Å². The second-order valence-corrected chi connectivity index (χ2v) is 6.04. The van der Waals surface area contributed by atoms with E-state index in [0.29, 0.717) is 5.56 Å². The molecule has 0 aliphatic rings. The highest BCUT2D eigenvalue weighted by molar-refractivity contribution is 6.02. The largest absolute Gasteiger partial charge is 0.493 e. The molecule has 0 aliphatic heterocycles. The number of esters is 1. The standard InChI is InChI=1S/C21H17NO7/c1-27-19-10-16(17(22(25)26)11-20(19)28-2)21(24)29-12-18(23)15-8-7-13-5-3-4-6-14(13)9-15/h3-11H,12H2,1-2H3. The average Bonchev–Trinajstić information content (AvgIpc) is 2.75. The molecular formula is C21H17NO7. The van der Waals surface area contributed by atoms with Crippen molar-refractivity contribution in [3.05, 3.63) is 75.8 Å². The van der Waals surface area contributed by atoms with Crippen LogP contribution in [0.1, 0.15) is 20.7 Å². The number of hydrogen-bond acceptors (Lipinski definition) is 7. The van der Waals surface area contributed by atoms with Gasteiger partial charge in [-0.15, -0.1) is 0 Å². The van der Waals surface area contributed by atoms with Gasteiger partial charge in [-0.05, 0) is 16.8 Å². The van der Waals surface area contributed by atoms with Crippen molar-refractivity contribution >= 4 is 28.2 Å². The number of nitrogens with zero attached hydrogens (tertiary/aromatic N) is 1. The molecular weight excluding hydrogens is 378 g/mol. The van der Waals surface area contributed by atoms with Gasteiger partial charge in [-0.25, -0.2) is 4.79 Å². The molecule has 0 unspecified atom stereocenters. The smallest absolute Gasteiger partial charge is 0.345 e. The molecule has 0 N–H and O–H groups in total. The van der Waals surface area contributed by atoms with E-state index in [1.165, 1.54) is 14.2 Å². The zero-order valence-electron chi connectivity index (χ0n) is 15.7. The Kier molecular flexibility index (Phi) is 5.73. The molecule has 0 bridgehead atoms. The van der Waals surface area contributed by atoms with Gasteiger partial charge >= 0.3 is 5.97 Å². The Bertz CT molecular complexity index is 1110. The van der Waals surface area contributed by atoms with E-state index in [1.54, 1.807) is 18.2 Å². The fraction of sp³-hybridized carbons (Fsp3) is 0.143. The third-order valence-corrected chi connectivity index (χ3v) is 4.32. The maximum atomic E-state index is 12.4. The topological polar surface area (TPSA) is 105 Å². The first-order chi connectivity index (χ1) is 13.9. The van der Waals surface area contributed by atoms with Crippen molar-refractivity contribution in [3.8, 4) is 11.5 Å². The van der Waals surface area contributed by atoms with Crippen molar-refractivity contribution in [2.45, 2.75) is 0 Å². The Hall–Kier alpha value is -3.94. The highest BCUT2D eigenvalue weighted by atomic mass is 16.6. The molecule has 0 radical (unpaired) electrons. The van der Waals surface area contributed by atoms with Gasteiger partial charge in [0.1, 0.15) is 5.56 Å². The second-order valence-electron chi connectivity index (χ2n) is 6.04. The summed E-state index contributed by atoms with van der Waals surface area (Å²) < 4.78 is 15.1. The van der Waals surface area contributed by atoms with Crippen LogP contribution in [-0.2, 0) is 4.74 Å². The van der Waals surface area contributed by atoms with Crippen LogP contribution in [0.2, 0.25) is 0 Å². The quantitative estimate of drug-likeness (QED) is 0.259. The summed E-state index contributed by atoms with van der Waals surface area (Å²) in [6.07, 6.45) is 0. The number of ketones is 1. The summed E-state index contributed by atoms with van der Waals surface area (Å²) in [4.78, 5) is 35.4. The summed E-state index contributed by atoms with van der Waals surface area (Å²) in [5.74, 6) is -1.20. The Morgan fingerprint density at radius 3 is 2.24 bits per heavy atom. The number of carbonyl (C=O) groups excluding carboxylic acids is 2. The lowest BCUT2D eigenvalue weighted by molar-refractivity contribution is -0.385. The van der Waals surface area contributed by atoms with Gasteiger partial charge in [-0.2, -0.15) is 0 Å². The SMILES string of the molecule is COc1cc(C(=O)OCC(=O)c2ccc3ccccc3c2)c([N+](=O)[O-])cc1OC. The predicted octanol–water partition coefficient (Wildman–Crippen LogP) is 3.80. The molecule has 3 aromatic rings. The summed E-state index contributed by atoms with van der Waals surface area (Å²) in [6.45, 7) is -0.553. The average molecular weight is 395 g/mol. The Labute approximate surface area is 165 Å². The van der Waals surface area contributed by atoms with Gasteiger partial charge in [0, 0.05) is 11.6 Å². The maximum absolute atomic E-state index is 12.4. The van der Waals surface area contributed by atoms with E-state index in [-0.39, 0.29) is 17.1 Å². The van der Waals surface area contributed by atoms with Crippen LogP contribution in [0, 0.1) is 10.1 Å². The van der Waals surface area contributed by atoms with E-state index in [2.05, 4.69) is 0 Å². The number of nitro benzene ring substituents is 1. The van der Waals surface area contributed by atoms with E-state index in [1.807, 2.05) is 24.3 Å². The molecule has 3 aromatic carbocycles. The molecule has 0 fully saturated rings. The number of rotatable bonds is 7. The zero-order chi connectivity index (χ0) is 21.0. The molecule has 0 aromatic heterocycles. The van der Waals surface area contributed by atoms with Gasteiger partial charge in [0.2, 0.25) is 0 Å². The van der Waals surface area contributed by atoms with Crippen LogP contribution < -0.4 is 9.47 Å². The van der Waals surface area contributed by atoms with Crippen LogP contribution in [0.5, 0.6) is 11.5 Å². The number of ether oxygens (including phenoxy) is 3. The maximum Gasteiger partial charge on any atom is 0.345 e. The van der Waals surface area contributed by atoms with Crippen molar-refractivity contribution in [1.82, 2.24) is 0 Å². The number of hydrogen-bond donors (Lipinski definition) is 0. The lowest BCUT2D eigenvalue weighted by Crippen LogP contribution is -2.15. The van der Waals surface area contributed by atoms with Crippen molar-refractivity contribution in [2.75, 3.05) is 20.8 Å². The molecule has 0 amide bonds. The number of carbonyl (C=O) groups is 2. The van der Waals surface area contributed by atoms with E-state index >= 15 is 0 Å². The minimum absolute atomic E-state index is 0.1000. The first-order valence-electron chi connectivity index (χ1n) is 8.54. The fourth-order valence-corrected chi connectivity index (χ4v) is 2.84. The Balaban J connectivity index is 1.80. The van der Waals surface area contributed by atoms with Crippen LogP contribution in [-0.4, -0.2) is 37.5 Å². The van der Waals surface area contributed by atoms with Crippen LogP contribution >= 0.6 is 0 Å². The summed E-state index contributed by atoms with van der Waals surface area (Å²) in [6, 6.07) is 14.9. The van der Waals surface area contributed by atoms with Crippen molar-refractivity contribution < 1.29 is 28.7 Å². The number of nitro groups is 1. The minimum Gasteiger partial charge on any atom is -0.493 e. The van der Waals surface area contributed by atoms with E-state index in [4.69, 9.17) is 14.2 Å². The molecule has 148 valence electrons. The van der Waals surface area contributed by atoms with Gasteiger partial charge in [-0.3, -0.25) is 14.9 Å². The third kappa shape index (κ3) is 4.16. The summed E-state index contributed by atoms with van der Waals surface area (Å²) in [5.41, 5.74) is -0.469. The highest BCUT2D eigenvalue weighted by Gasteiger charge is 2.26. The third-order valence-electron chi connectivity index (χ3n) is 4.32. The Morgan fingerprint density at radius 1 is 0.931 bits per heavy atom. The summed E-state index contributed by atoms with van der Waals surface area (Å²) >= 11 is 0. The first kappa shape index (κ1) is 19.8. The van der Waals surface area contributed by atoms with E-state index in [0.717, 1.165) is 22.9 Å². The first-order valence-corrected chi connectivity index (χ1v) is 8.54. The molecule has 0 heterocycles. The number of benzene rings is 3. The molecule has 0 aliphatic carbocycles. The Morgan fingerprint density at radius 2 is 1.59 bits per heavy atom. The number of methoxy groups -OCH3 is 2. The molecule has 0 atom stereocenters. The summed E-state index contributed by atoms with van der Waals surface area (Å²) in [5, 5.41) is 13.2. The van der Waals surface area contributed by atoms with Crippen molar-refractivity contribution in [2.24, 2.45) is 0 Å². The molecule has 3 rings (SSSR count). The van der Waals surface area contributed by atoms with Gasteiger partial charge in [0.15, 0.2) is 23.9 Å². The molecule has 0 saturated heterocycles. The number of fused-ring (bicyclic) bond motifs is 1. The van der Waals surface area contributed by atoms with E-state index < -0.39 is 29.0 Å². The molecule has 29 heavy (non-hydrogen) atoms. The lowest BCUT2D eigenvalue weighted by atomic mass is 10.0. The highest BCUT2D eigenvalue weighted by Crippen LogP contribution is 2.34. The normalized spacial score (nSPS) is 10.4. The lowest BCUT2D eigenvalue weighted by Gasteiger charge is -2.10. The second kappa shape index (κ2) is 8.39. The molecule has 0 spiro atoms. The molecule has 0 saturated carbocycles. The van der Waals surface area contributed by atoms with Crippen molar-refractivity contribution in [1.29, 1.82) is 0 Å². The number of Topliss-reactive ketones (excluding diaryl/α,β-unsaturated/α-hetero) is 1. The zero-order valence-corrected chi connectivity index (χ0v) is 15.7. The van der Waals surface area contributed by atoms with Gasteiger partial charge in [-0.1, -0.05) is 36.4 Å². The van der Waals surface area contributed by atoms with E-state index in [9.17, 15) is 19.7 Å². The molecule has 8 nitrogen and oxygen atoms in total. The van der Waals surface area contributed by atoms with Crippen LogP contribution in [0.3, 0.4) is 0 Å². The van der Waals surface area contributed by atoms with Crippen LogP contribution in [0.4, 0.5) is 5.69 Å². The summed E-state index contributed by atoms with van der Waals surface area (Å²) in [7, 11) is 2.66. The minimum atomic E-state index is -1.01. The predicted molar refractivity (Wildman–Crippen MR) is 105 cm³/mol. The van der Waals surface area contributed by atoms with Crippen LogP contribution in [0.25, 0.3) is 10.8 Å².